The Labute approximate surface area is 97.6 Å². The number of hydrogen-bond donors (Lipinski definition) is 0. The number of alkyl halides is 3. The van der Waals surface area contributed by atoms with E-state index in [1.54, 1.807) is 0 Å². The van der Waals surface area contributed by atoms with E-state index in [2.05, 4.69) is 4.74 Å². The summed E-state index contributed by atoms with van der Waals surface area (Å²) in [5, 5.41) is 0. The molecule has 0 spiro atoms. The summed E-state index contributed by atoms with van der Waals surface area (Å²) in [7, 11) is 0. The first-order valence-corrected chi connectivity index (χ1v) is 5.33. The Morgan fingerprint density at radius 2 is 1.82 bits per heavy atom. The first-order chi connectivity index (χ1) is 7.84. The fraction of sp³-hybridized carbons (Fsp3) is 0.636. The lowest BCUT2D eigenvalue weighted by atomic mass is 10.1. The highest BCUT2D eigenvalue weighted by Crippen LogP contribution is 2.22. The molecule has 0 N–H and O–H groups in total. The van der Waals surface area contributed by atoms with Gasteiger partial charge in [0.05, 0.1) is 6.61 Å². The Morgan fingerprint density at radius 3 is 2.24 bits per heavy atom. The molecule has 0 aliphatic rings. The van der Waals surface area contributed by atoms with Crippen molar-refractivity contribution in [2.75, 3.05) is 6.61 Å². The van der Waals surface area contributed by atoms with Crippen LogP contribution >= 0.6 is 0 Å². The number of allylic oxidation sites excluding steroid dienone is 1. The van der Waals surface area contributed by atoms with Crippen molar-refractivity contribution in [3.63, 3.8) is 0 Å². The summed E-state index contributed by atoms with van der Waals surface area (Å²) in [6, 6.07) is 0. The molecule has 0 aromatic rings. The van der Waals surface area contributed by atoms with Gasteiger partial charge in [0.2, 0.25) is 0 Å². The van der Waals surface area contributed by atoms with Crippen LogP contribution < -0.4 is 0 Å². The highest BCUT2D eigenvalue weighted by Gasteiger charge is 2.43. The zero-order valence-electron chi connectivity index (χ0n) is 9.76. The van der Waals surface area contributed by atoms with Crippen LogP contribution in [-0.4, -0.2) is 24.5 Å². The third-order valence-electron chi connectivity index (χ3n) is 1.90. The molecule has 0 saturated carbocycles. The van der Waals surface area contributed by atoms with Gasteiger partial charge in [-0.25, -0.2) is 4.79 Å². The van der Waals surface area contributed by atoms with Crippen LogP contribution in [0, 0.1) is 0 Å². The minimum absolute atomic E-state index is 0.0743. The Morgan fingerprint density at radius 1 is 1.24 bits per heavy atom. The van der Waals surface area contributed by atoms with E-state index in [9.17, 15) is 22.8 Å². The van der Waals surface area contributed by atoms with Crippen molar-refractivity contribution in [3.8, 4) is 0 Å². The molecule has 17 heavy (non-hydrogen) atoms. The molecule has 0 aromatic heterocycles. The molecule has 0 saturated heterocycles. The van der Waals surface area contributed by atoms with Crippen molar-refractivity contribution in [2.45, 2.75) is 39.3 Å². The molecule has 0 radical (unpaired) electrons. The number of ketones is 1. The number of unbranched alkanes of at least 4 members (excludes halogenated alkanes) is 2. The second kappa shape index (κ2) is 7.09. The third kappa shape index (κ3) is 5.51. The molecule has 0 rings (SSSR count). The number of halogens is 3. The van der Waals surface area contributed by atoms with Crippen LogP contribution in [-0.2, 0) is 14.3 Å². The topological polar surface area (TPSA) is 43.4 Å². The normalized spacial score (nSPS) is 12.4. The van der Waals surface area contributed by atoms with E-state index in [0.29, 0.717) is 6.42 Å². The van der Waals surface area contributed by atoms with Gasteiger partial charge in [0.25, 0.3) is 5.78 Å². The lowest BCUT2D eigenvalue weighted by Crippen LogP contribution is -2.29. The second-order valence-electron chi connectivity index (χ2n) is 3.31. The molecule has 0 amide bonds. The van der Waals surface area contributed by atoms with Crippen molar-refractivity contribution in [3.05, 3.63) is 11.6 Å². The van der Waals surface area contributed by atoms with Crippen LogP contribution in [0.3, 0.4) is 0 Å². The van der Waals surface area contributed by atoms with Gasteiger partial charge < -0.3 is 4.74 Å². The average Bonchev–Trinajstić information content (AvgIpc) is 2.22. The summed E-state index contributed by atoms with van der Waals surface area (Å²) in [4.78, 5) is 22.2. The van der Waals surface area contributed by atoms with Crippen LogP contribution in [0.15, 0.2) is 11.6 Å². The third-order valence-corrected chi connectivity index (χ3v) is 1.90. The summed E-state index contributed by atoms with van der Waals surface area (Å²) in [5.41, 5.74) is -0.923. The highest BCUT2D eigenvalue weighted by atomic mass is 19.4. The Kier molecular flexibility index (Phi) is 6.53. The first kappa shape index (κ1) is 15.7. The average molecular weight is 252 g/mol. The maximum atomic E-state index is 12.2. The van der Waals surface area contributed by atoms with E-state index < -0.39 is 23.5 Å². The summed E-state index contributed by atoms with van der Waals surface area (Å²) < 4.78 is 41.1. The molecule has 0 atom stereocenters. The Balaban J connectivity index is 4.91. The lowest BCUT2D eigenvalue weighted by Gasteiger charge is -2.08. The number of carbonyl (C=O) groups excluding carboxylic acids is 2. The molecule has 6 heteroatoms. The highest BCUT2D eigenvalue weighted by molar-refractivity contribution is 6.19. The molecule has 0 aliphatic heterocycles. The standard InChI is InChI=1S/C11H15F3O3/c1-3-5-6-7-8(10(16)17-4-2)9(15)11(12,13)14/h7H,3-6H2,1-2H3. The predicted molar refractivity (Wildman–Crippen MR) is 55.3 cm³/mol. The number of rotatable bonds is 6. The van der Waals surface area contributed by atoms with E-state index in [0.717, 1.165) is 12.5 Å². The van der Waals surface area contributed by atoms with Crippen LogP contribution in [0.5, 0.6) is 0 Å². The number of esters is 1. The van der Waals surface area contributed by atoms with Crippen LogP contribution in [0.2, 0.25) is 0 Å². The summed E-state index contributed by atoms with van der Waals surface area (Å²) in [6.07, 6.45) is -2.45. The van der Waals surface area contributed by atoms with E-state index in [1.165, 1.54) is 6.92 Å². The van der Waals surface area contributed by atoms with Crippen LogP contribution in [0.1, 0.15) is 33.1 Å². The van der Waals surface area contributed by atoms with E-state index in [-0.39, 0.29) is 13.0 Å². The monoisotopic (exact) mass is 252 g/mol. The lowest BCUT2D eigenvalue weighted by molar-refractivity contribution is -0.168. The first-order valence-electron chi connectivity index (χ1n) is 5.33. The van der Waals surface area contributed by atoms with Crippen molar-refractivity contribution >= 4 is 11.8 Å². The largest absolute Gasteiger partial charge is 0.462 e. The molecule has 0 heterocycles. The van der Waals surface area contributed by atoms with Crippen LogP contribution in [0.25, 0.3) is 0 Å². The smallest absolute Gasteiger partial charge is 0.455 e. The van der Waals surface area contributed by atoms with Gasteiger partial charge in [-0.1, -0.05) is 25.8 Å². The van der Waals surface area contributed by atoms with E-state index >= 15 is 0 Å². The predicted octanol–water partition coefficient (Wildman–Crippen LogP) is 2.80. The van der Waals surface area contributed by atoms with Crippen molar-refractivity contribution in [1.82, 2.24) is 0 Å². The number of carbonyl (C=O) groups is 2. The van der Waals surface area contributed by atoms with Gasteiger partial charge in [0.1, 0.15) is 5.57 Å². The van der Waals surface area contributed by atoms with E-state index in [4.69, 9.17) is 0 Å². The Hall–Kier alpha value is -1.33. The van der Waals surface area contributed by atoms with Crippen molar-refractivity contribution < 1.29 is 27.5 Å². The molecule has 0 aromatic carbocycles. The van der Waals surface area contributed by atoms with Crippen LogP contribution in [0.4, 0.5) is 13.2 Å². The molecule has 0 unspecified atom stereocenters. The number of ether oxygens (including phenoxy) is 1. The molecule has 0 bridgehead atoms. The van der Waals surface area contributed by atoms with Crippen molar-refractivity contribution in [2.24, 2.45) is 0 Å². The quantitative estimate of drug-likeness (QED) is 0.240. The molecular formula is C11H15F3O3. The second-order valence-corrected chi connectivity index (χ2v) is 3.31. The molecule has 0 aliphatic carbocycles. The number of hydrogen-bond acceptors (Lipinski definition) is 3. The van der Waals surface area contributed by atoms with Gasteiger partial charge in [0, 0.05) is 0 Å². The summed E-state index contributed by atoms with van der Waals surface area (Å²) in [6.45, 7) is 3.23. The van der Waals surface area contributed by atoms with Gasteiger partial charge in [-0.3, -0.25) is 4.79 Å². The summed E-state index contributed by atoms with van der Waals surface area (Å²) in [5.74, 6) is -3.36. The molecular weight excluding hydrogens is 237 g/mol. The maximum Gasteiger partial charge on any atom is 0.455 e. The Bertz CT molecular complexity index is 306. The van der Waals surface area contributed by atoms with Gasteiger partial charge in [0.15, 0.2) is 0 Å². The molecule has 3 nitrogen and oxygen atoms in total. The van der Waals surface area contributed by atoms with Gasteiger partial charge in [-0.05, 0) is 13.3 Å². The SMILES string of the molecule is CCCCC=C(C(=O)OCC)C(=O)C(F)(F)F. The molecule has 98 valence electrons. The number of Topliss-reactive ketones (excluding diaryl/α,β-unsaturated/α-hetero) is 1. The van der Waals surface area contributed by atoms with Crippen molar-refractivity contribution in [1.29, 1.82) is 0 Å². The maximum absolute atomic E-state index is 12.2. The molecule has 0 fully saturated rings. The summed E-state index contributed by atoms with van der Waals surface area (Å²) >= 11 is 0. The minimum atomic E-state index is -5.05. The minimum Gasteiger partial charge on any atom is -0.462 e. The van der Waals surface area contributed by atoms with Gasteiger partial charge in [-0.15, -0.1) is 0 Å². The zero-order valence-corrected chi connectivity index (χ0v) is 9.76. The zero-order chi connectivity index (χ0) is 13.5. The fourth-order valence-electron chi connectivity index (χ4n) is 1.08. The van der Waals surface area contributed by atoms with E-state index in [1.807, 2.05) is 6.92 Å². The van der Waals surface area contributed by atoms with Gasteiger partial charge in [-0.2, -0.15) is 13.2 Å². The fourth-order valence-corrected chi connectivity index (χ4v) is 1.08. The van der Waals surface area contributed by atoms with Gasteiger partial charge >= 0.3 is 12.1 Å².